The number of aliphatic hydroxyl groups is 8. The summed E-state index contributed by atoms with van der Waals surface area (Å²) in [4.78, 5) is 13.8. The molecule has 14 nitrogen and oxygen atoms in total. The molecule has 1 aromatic heterocycles. The van der Waals surface area contributed by atoms with Crippen molar-refractivity contribution in [2.75, 3.05) is 19.8 Å². The van der Waals surface area contributed by atoms with Crippen LogP contribution in [0.3, 0.4) is 0 Å². The van der Waals surface area contributed by atoms with Crippen molar-refractivity contribution in [3.63, 3.8) is 0 Å². The number of likely N-dealkylation sites (tertiary alicyclic amines) is 1. The molecule has 2 aromatic carbocycles. The second-order valence-corrected chi connectivity index (χ2v) is 14.9. The van der Waals surface area contributed by atoms with Gasteiger partial charge < -0.3 is 64.9 Å². The lowest BCUT2D eigenvalue weighted by Crippen LogP contribution is -2.58. The van der Waals surface area contributed by atoms with E-state index in [-0.39, 0.29) is 17.5 Å². The van der Waals surface area contributed by atoms with E-state index in [9.17, 15) is 50.8 Å². The monoisotopic (exact) mass is 722 g/mol. The second kappa shape index (κ2) is 14.9. The molecule has 12 atom stereocenters. The lowest BCUT2D eigenvalue weighted by Gasteiger charge is -2.45. The first kappa shape index (κ1) is 38.0. The number of ether oxygens (including phenoxy) is 2. The van der Waals surface area contributed by atoms with E-state index in [4.69, 9.17) is 9.47 Å². The van der Waals surface area contributed by atoms with E-state index in [1.54, 1.807) is 12.1 Å². The number of aliphatic hydroxyl groups excluding tert-OH is 8. The Morgan fingerprint density at radius 1 is 0.750 bits per heavy atom. The summed E-state index contributed by atoms with van der Waals surface area (Å²) in [5.41, 5.74) is 2.39. The summed E-state index contributed by atoms with van der Waals surface area (Å²) in [5.74, 6) is 11.7. The van der Waals surface area contributed by atoms with Crippen LogP contribution >= 0.6 is 0 Å². The molecular formula is C38H46N2O12. The van der Waals surface area contributed by atoms with Crippen LogP contribution in [0.15, 0.2) is 36.4 Å². The quantitative estimate of drug-likeness (QED) is 0.162. The average Bonchev–Trinajstić information content (AvgIpc) is 3.44. The number of carbonyl (C=O) groups is 1. The third kappa shape index (κ3) is 7.12. The molecule has 4 heterocycles. The number of piperidine rings is 1. The molecule has 280 valence electrons. The first-order valence-electron chi connectivity index (χ1n) is 17.4. The van der Waals surface area contributed by atoms with E-state index in [2.05, 4.69) is 28.2 Å². The van der Waals surface area contributed by atoms with Crippen LogP contribution in [0, 0.1) is 29.1 Å². The summed E-state index contributed by atoms with van der Waals surface area (Å²) < 4.78 is 13.3. The van der Waals surface area contributed by atoms with Gasteiger partial charge in [-0.05, 0) is 42.5 Å². The highest BCUT2D eigenvalue weighted by atomic mass is 16.5. The Morgan fingerprint density at radius 2 is 1.21 bits per heavy atom. The van der Waals surface area contributed by atoms with Crippen molar-refractivity contribution >= 4 is 27.9 Å². The Morgan fingerprint density at radius 3 is 1.62 bits per heavy atom. The molecule has 0 radical (unpaired) electrons. The van der Waals surface area contributed by atoms with Crippen LogP contribution < -0.4 is 0 Å². The molecule has 14 heteroatoms. The SMILES string of the molecule is CC(C)(C)C1CC(n2c3cc(C#C[C@H]4O[C@H](CO)[C@@H](O)[C@H](O)[C@@H]4O)ccc3c3ccc(C#C[C@H]4O[C@H](CO)[C@@H](O)[C@H](O)[C@@H]4O)cc32)CCN1C(=O)O. The summed E-state index contributed by atoms with van der Waals surface area (Å²) in [5, 5.41) is 92.8. The highest BCUT2D eigenvalue weighted by Crippen LogP contribution is 2.41. The number of fused-ring (bicyclic) bond motifs is 3. The van der Waals surface area contributed by atoms with Crippen LogP contribution in [-0.2, 0) is 9.47 Å². The van der Waals surface area contributed by atoms with Gasteiger partial charge in [0.2, 0.25) is 0 Å². The maximum Gasteiger partial charge on any atom is 0.407 e. The Bertz CT molecular complexity index is 1800. The molecule has 6 rings (SSSR count). The third-order valence-electron chi connectivity index (χ3n) is 10.5. The molecule has 3 fully saturated rings. The van der Waals surface area contributed by atoms with Crippen LogP contribution in [-0.4, -0.2) is 148 Å². The zero-order chi connectivity index (χ0) is 37.6. The van der Waals surface area contributed by atoms with Crippen LogP contribution in [0.25, 0.3) is 21.8 Å². The molecule has 52 heavy (non-hydrogen) atoms. The lowest BCUT2D eigenvalue weighted by molar-refractivity contribution is -0.214. The van der Waals surface area contributed by atoms with Crippen molar-refractivity contribution in [3.8, 4) is 23.7 Å². The molecule has 3 aliphatic heterocycles. The predicted octanol–water partition coefficient (Wildman–Crippen LogP) is -0.0881. The van der Waals surface area contributed by atoms with Crippen LogP contribution in [0.1, 0.15) is 50.8 Å². The van der Waals surface area contributed by atoms with Gasteiger partial charge in [0, 0.05) is 40.5 Å². The number of rotatable bonds is 3. The lowest BCUT2D eigenvalue weighted by atomic mass is 9.79. The number of hydrogen-bond acceptors (Lipinski definition) is 11. The van der Waals surface area contributed by atoms with E-state index in [1.165, 1.54) is 4.90 Å². The molecule has 3 aromatic rings. The van der Waals surface area contributed by atoms with E-state index in [0.29, 0.717) is 30.5 Å². The van der Waals surface area contributed by atoms with Crippen LogP contribution in [0.5, 0.6) is 0 Å². The fraction of sp³-hybridized carbons (Fsp3) is 0.553. The zero-order valence-electron chi connectivity index (χ0n) is 29.1. The van der Waals surface area contributed by atoms with Crippen molar-refractivity contribution in [3.05, 3.63) is 47.5 Å². The summed E-state index contributed by atoms with van der Waals surface area (Å²) in [7, 11) is 0. The average molecular weight is 723 g/mol. The van der Waals surface area contributed by atoms with Crippen molar-refractivity contribution < 1.29 is 60.2 Å². The number of hydrogen-bond donors (Lipinski definition) is 9. The number of amides is 1. The topological polar surface area (TPSA) is 226 Å². The van der Waals surface area contributed by atoms with Crippen molar-refractivity contribution in [2.45, 2.75) is 107 Å². The van der Waals surface area contributed by atoms with Gasteiger partial charge in [0.15, 0.2) is 0 Å². The summed E-state index contributed by atoms with van der Waals surface area (Å²) in [6, 6.07) is 10.8. The fourth-order valence-electron chi connectivity index (χ4n) is 7.58. The summed E-state index contributed by atoms with van der Waals surface area (Å²) in [6.07, 6.45) is -13.6. The fourth-order valence-corrected chi connectivity index (χ4v) is 7.58. The van der Waals surface area contributed by atoms with Crippen LogP contribution in [0.2, 0.25) is 0 Å². The largest absolute Gasteiger partial charge is 0.465 e. The van der Waals surface area contributed by atoms with E-state index < -0.39 is 80.3 Å². The number of aromatic nitrogens is 1. The Balaban J connectivity index is 1.43. The highest BCUT2D eigenvalue weighted by molar-refractivity contribution is 6.08. The minimum absolute atomic E-state index is 0.137. The molecular weight excluding hydrogens is 676 g/mol. The first-order chi connectivity index (χ1) is 24.6. The highest BCUT2D eigenvalue weighted by Gasteiger charge is 2.44. The van der Waals surface area contributed by atoms with Gasteiger partial charge in [0.25, 0.3) is 0 Å². The second-order valence-electron chi connectivity index (χ2n) is 14.9. The molecule has 2 unspecified atom stereocenters. The molecule has 1 amide bonds. The molecule has 3 aliphatic rings. The standard InChI is InChI=1S/C38H46N2O12/c1-38(2,3)30-16-21(12-13-39(30)37(49)50)40-24-14-19(6-10-26-31(43)35(47)33(45)28(17-41)51-26)4-8-22(24)23-9-5-20(15-25(23)40)7-11-27-32(44)36(48)34(46)29(18-42)52-27/h4-5,8-9,14-15,21,26-36,41-48H,12-13,16-18H2,1-3H3,(H,49,50)/t21?,26-,27-,28-,29-,30?,31-,32-,33-,34-,35-,36-/m1/s1. The Kier molecular flexibility index (Phi) is 10.9. The van der Waals surface area contributed by atoms with E-state index in [1.807, 2.05) is 45.0 Å². The number of benzene rings is 2. The summed E-state index contributed by atoms with van der Waals surface area (Å²) >= 11 is 0. The van der Waals surface area contributed by atoms with Crippen LogP contribution in [0.4, 0.5) is 4.79 Å². The minimum Gasteiger partial charge on any atom is -0.465 e. The molecule has 0 bridgehead atoms. The molecule has 0 aliphatic carbocycles. The van der Waals surface area contributed by atoms with Gasteiger partial charge in [0.1, 0.15) is 61.0 Å². The molecule has 3 saturated heterocycles. The van der Waals surface area contributed by atoms with Gasteiger partial charge in [-0.2, -0.15) is 0 Å². The maximum absolute atomic E-state index is 12.3. The van der Waals surface area contributed by atoms with Gasteiger partial charge >= 0.3 is 6.09 Å². The van der Waals surface area contributed by atoms with Crippen molar-refractivity contribution in [1.29, 1.82) is 0 Å². The normalized spacial score (nSPS) is 34.0. The molecule has 0 saturated carbocycles. The van der Waals surface area contributed by atoms with Gasteiger partial charge in [-0.1, -0.05) is 56.6 Å². The van der Waals surface area contributed by atoms with E-state index >= 15 is 0 Å². The van der Waals surface area contributed by atoms with Crippen molar-refractivity contribution in [1.82, 2.24) is 9.47 Å². The maximum atomic E-state index is 12.3. The van der Waals surface area contributed by atoms with Gasteiger partial charge in [-0.25, -0.2) is 4.79 Å². The third-order valence-corrected chi connectivity index (χ3v) is 10.5. The zero-order valence-corrected chi connectivity index (χ0v) is 29.1. The minimum atomic E-state index is -1.55. The Hall–Kier alpha value is -3.77. The van der Waals surface area contributed by atoms with Gasteiger partial charge in [-0.15, -0.1) is 0 Å². The van der Waals surface area contributed by atoms with Gasteiger partial charge in [0.05, 0.1) is 24.2 Å². The Labute approximate surface area is 300 Å². The summed E-state index contributed by atoms with van der Waals surface area (Å²) in [6.45, 7) is 5.22. The number of nitrogens with zero attached hydrogens (tertiary/aromatic N) is 2. The first-order valence-corrected chi connectivity index (χ1v) is 17.4. The molecule has 9 N–H and O–H groups in total. The van der Waals surface area contributed by atoms with E-state index in [0.717, 1.165) is 21.8 Å². The molecule has 0 spiro atoms. The van der Waals surface area contributed by atoms with Crippen molar-refractivity contribution in [2.24, 2.45) is 5.41 Å². The van der Waals surface area contributed by atoms with Gasteiger partial charge in [-0.3, -0.25) is 0 Å². The predicted molar refractivity (Wildman–Crippen MR) is 187 cm³/mol. The number of carboxylic acid groups (broad SMARTS) is 1. The smallest absolute Gasteiger partial charge is 0.407 e.